The molecule has 1 aliphatic heterocycles. The lowest BCUT2D eigenvalue weighted by molar-refractivity contribution is 0.199. The fourth-order valence-corrected chi connectivity index (χ4v) is 3.66. The molecule has 5 heteroatoms. The van der Waals surface area contributed by atoms with Gasteiger partial charge in [-0.05, 0) is 31.5 Å². The lowest BCUT2D eigenvalue weighted by Crippen LogP contribution is -2.43. The van der Waals surface area contributed by atoms with E-state index in [4.69, 9.17) is 4.74 Å². The third kappa shape index (κ3) is 4.87. The molecule has 1 heterocycles. The molecule has 0 aliphatic carbocycles. The van der Waals surface area contributed by atoms with E-state index >= 15 is 0 Å². The Morgan fingerprint density at radius 1 is 1.43 bits per heavy atom. The van der Waals surface area contributed by atoms with Crippen molar-refractivity contribution < 1.29 is 9.13 Å². The van der Waals surface area contributed by atoms with Crippen LogP contribution < -0.4 is 10.2 Å². The maximum absolute atomic E-state index is 14.4. The van der Waals surface area contributed by atoms with Gasteiger partial charge in [-0.15, -0.1) is 0 Å². The Morgan fingerprint density at radius 3 is 2.90 bits per heavy atom. The molecule has 0 atom stereocenters. The number of nitrogens with zero attached hydrogens (tertiary/aromatic N) is 1. The van der Waals surface area contributed by atoms with Crippen LogP contribution >= 0.6 is 11.8 Å². The van der Waals surface area contributed by atoms with Crippen LogP contribution in [0.4, 0.5) is 10.1 Å². The van der Waals surface area contributed by atoms with Gasteiger partial charge in [-0.3, -0.25) is 0 Å². The molecule has 0 spiro atoms. The van der Waals surface area contributed by atoms with Crippen molar-refractivity contribution in [2.24, 2.45) is 0 Å². The number of anilines is 1. The van der Waals surface area contributed by atoms with Crippen LogP contribution in [0.3, 0.4) is 0 Å². The topological polar surface area (TPSA) is 24.5 Å². The van der Waals surface area contributed by atoms with Crippen molar-refractivity contribution in [3.8, 4) is 0 Å². The summed E-state index contributed by atoms with van der Waals surface area (Å²) in [5.74, 6) is 0.927. The third-order valence-electron chi connectivity index (χ3n) is 3.59. The van der Waals surface area contributed by atoms with Crippen LogP contribution in [0, 0.1) is 5.82 Å². The van der Waals surface area contributed by atoms with E-state index in [0.29, 0.717) is 13.2 Å². The van der Waals surface area contributed by atoms with Gasteiger partial charge in [0.1, 0.15) is 5.82 Å². The predicted molar refractivity (Wildman–Crippen MR) is 88.7 cm³/mol. The van der Waals surface area contributed by atoms with Crippen molar-refractivity contribution in [3.05, 3.63) is 29.6 Å². The largest absolute Gasteiger partial charge is 0.383 e. The summed E-state index contributed by atoms with van der Waals surface area (Å²) in [6.45, 7) is 8.35. The average Bonchev–Trinajstić information content (AvgIpc) is 2.42. The highest BCUT2D eigenvalue weighted by Gasteiger charge is 2.28. The lowest BCUT2D eigenvalue weighted by Gasteiger charge is -2.39. The number of nitrogens with one attached hydrogen (secondary N) is 1. The summed E-state index contributed by atoms with van der Waals surface area (Å²) in [5.41, 5.74) is 1.70. The molecule has 21 heavy (non-hydrogen) atoms. The number of halogens is 1. The first kappa shape index (κ1) is 16.6. The SMILES string of the molecule is COCCNCc1ccc(N2CCSC(C)(C)C2)c(F)c1. The second kappa shape index (κ2) is 7.47. The average molecular weight is 312 g/mol. The highest BCUT2D eigenvalue weighted by molar-refractivity contribution is 8.00. The van der Waals surface area contributed by atoms with E-state index in [0.717, 1.165) is 36.6 Å². The molecule has 0 bridgehead atoms. The van der Waals surface area contributed by atoms with E-state index in [9.17, 15) is 4.39 Å². The Labute approximate surface area is 131 Å². The van der Waals surface area contributed by atoms with Crippen LogP contribution in [0.1, 0.15) is 19.4 Å². The highest BCUT2D eigenvalue weighted by atomic mass is 32.2. The fraction of sp³-hybridized carbons (Fsp3) is 0.625. The monoisotopic (exact) mass is 312 g/mol. The van der Waals surface area contributed by atoms with Crippen LogP contribution in [0.5, 0.6) is 0 Å². The Kier molecular flexibility index (Phi) is 5.90. The summed E-state index contributed by atoms with van der Waals surface area (Å²) in [6, 6.07) is 5.56. The quantitative estimate of drug-likeness (QED) is 0.816. The summed E-state index contributed by atoms with van der Waals surface area (Å²) in [4.78, 5) is 2.16. The molecule has 1 aliphatic rings. The Morgan fingerprint density at radius 2 is 2.24 bits per heavy atom. The van der Waals surface area contributed by atoms with Crippen molar-refractivity contribution >= 4 is 17.4 Å². The standard InChI is InChI=1S/C16H25FN2OS/c1-16(2)12-19(7-9-21-16)15-5-4-13(10-14(15)17)11-18-6-8-20-3/h4-5,10,18H,6-9,11-12H2,1-3H3. The van der Waals surface area contributed by atoms with Crippen LogP contribution in [0.25, 0.3) is 0 Å². The Balaban J connectivity index is 1.98. The molecular weight excluding hydrogens is 287 g/mol. The first-order valence-electron chi connectivity index (χ1n) is 7.39. The number of rotatable bonds is 6. The maximum atomic E-state index is 14.4. The molecule has 0 saturated carbocycles. The van der Waals surface area contributed by atoms with Gasteiger partial charge in [0, 0.05) is 43.8 Å². The van der Waals surface area contributed by atoms with E-state index in [2.05, 4.69) is 24.1 Å². The van der Waals surface area contributed by atoms with Gasteiger partial charge in [-0.1, -0.05) is 6.07 Å². The van der Waals surface area contributed by atoms with Crippen LogP contribution in [-0.2, 0) is 11.3 Å². The summed E-state index contributed by atoms with van der Waals surface area (Å²) in [7, 11) is 1.68. The van der Waals surface area contributed by atoms with E-state index in [1.165, 1.54) is 0 Å². The minimum absolute atomic E-state index is 0.122. The molecular formula is C16H25FN2OS. The smallest absolute Gasteiger partial charge is 0.146 e. The molecule has 2 rings (SSSR count). The minimum atomic E-state index is -0.122. The molecule has 118 valence electrons. The van der Waals surface area contributed by atoms with E-state index < -0.39 is 0 Å². The third-order valence-corrected chi connectivity index (χ3v) is 4.89. The predicted octanol–water partition coefficient (Wildman–Crippen LogP) is 2.89. The second-order valence-corrected chi connectivity index (χ2v) is 7.79. The first-order chi connectivity index (χ1) is 10.0. The molecule has 0 radical (unpaired) electrons. The molecule has 3 nitrogen and oxygen atoms in total. The summed E-state index contributed by atoms with van der Waals surface area (Å²) >= 11 is 1.96. The maximum Gasteiger partial charge on any atom is 0.146 e. The molecule has 0 amide bonds. The molecule has 0 unspecified atom stereocenters. The zero-order valence-corrected chi connectivity index (χ0v) is 13.9. The Bertz CT molecular complexity index is 468. The number of methoxy groups -OCH3 is 1. The van der Waals surface area contributed by atoms with Crippen LogP contribution in [0.2, 0.25) is 0 Å². The van der Waals surface area contributed by atoms with Crippen molar-refractivity contribution in [2.45, 2.75) is 25.1 Å². The summed E-state index contributed by atoms with van der Waals surface area (Å²) in [5, 5.41) is 3.23. The van der Waals surface area contributed by atoms with Crippen molar-refractivity contribution in [2.75, 3.05) is 44.0 Å². The fourth-order valence-electron chi connectivity index (χ4n) is 2.55. The van der Waals surface area contributed by atoms with Crippen molar-refractivity contribution in [1.82, 2.24) is 5.32 Å². The highest BCUT2D eigenvalue weighted by Crippen LogP contribution is 2.33. The number of hydrogen-bond acceptors (Lipinski definition) is 4. The van der Waals surface area contributed by atoms with Crippen molar-refractivity contribution in [3.63, 3.8) is 0 Å². The van der Waals surface area contributed by atoms with Gasteiger partial charge in [-0.25, -0.2) is 4.39 Å². The van der Waals surface area contributed by atoms with Gasteiger partial charge in [0.2, 0.25) is 0 Å². The minimum Gasteiger partial charge on any atom is -0.383 e. The zero-order valence-electron chi connectivity index (χ0n) is 13.1. The summed E-state index contributed by atoms with van der Waals surface area (Å²) < 4.78 is 19.5. The molecule has 1 aromatic rings. The Hall–Kier alpha value is -0.780. The van der Waals surface area contributed by atoms with Gasteiger partial charge < -0.3 is 15.0 Å². The number of ether oxygens (including phenoxy) is 1. The van der Waals surface area contributed by atoms with Gasteiger partial charge >= 0.3 is 0 Å². The first-order valence-corrected chi connectivity index (χ1v) is 8.37. The van der Waals surface area contributed by atoms with Gasteiger partial charge in [0.05, 0.1) is 12.3 Å². The molecule has 1 aromatic carbocycles. The van der Waals surface area contributed by atoms with Gasteiger partial charge in [0.15, 0.2) is 0 Å². The van der Waals surface area contributed by atoms with E-state index in [1.807, 2.05) is 23.9 Å². The number of thioether (sulfide) groups is 1. The normalized spacial score (nSPS) is 18.0. The van der Waals surface area contributed by atoms with Gasteiger partial charge in [0.25, 0.3) is 0 Å². The zero-order chi connectivity index (χ0) is 15.3. The van der Waals surface area contributed by atoms with Crippen LogP contribution in [-0.4, -0.2) is 43.9 Å². The van der Waals surface area contributed by atoms with E-state index in [-0.39, 0.29) is 10.6 Å². The molecule has 1 fully saturated rings. The van der Waals surface area contributed by atoms with Gasteiger partial charge in [-0.2, -0.15) is 11.8 Å². The molecule has 0 aromatic heterocycles. The number of hydrogen-bond donors (Lipinski definition) is 1. The second-order valence-electron chi connectivity index (χ2n) is 5.99. The summed E-state index contributed by atoms with van der Waals surface area (Å²) in [6.07, 6.45) is 0. The lowest BCUT2D eigenvalue weighted by atomic mass is 10.1. The van der Waals surface area contributed by atoms with Crippen LogP contribution in [0.15, 0.2) is 18.2 Å². The molecule has 1 N–H and O–H groups in total. The van der Waals surface area contributed by atoms with Crippen molar-refractivity contribution in [1.29, 1.82) is 0 Å². The number of benzene rings is 1. The van der Waals surface area contributed by atoms with E-state index in [1.54, 1.807) is 13.2 Å². The molecule has 1 saturated heterocycles.